The second-order valence-corrected chi connectivity index (χ2v) is 10.00. The molecular weight excluding hydrogens is 491 g/mol. The van der Waals surface area contributed by atoms with E-state index in [-0.39, 0.29) is 31.4 Å². The van der Waals surface area contributed by atoms with E-state index in [0.29, 0.717) is 22.9 Å². The minimum absolute atomic E-state index is 0.0693. The highest BCUT2D eigenvalue weighted by Gasteiger charge is 2.31. The molecule has 0 radical (unpaired) electrons. The second-order valence-electron chi connectivity index (χ2n) is 9.62. The van der Waals surface area contributed by atoms with Crippen LogP contribution < -0.4 is 10.1 Å². The van der Waals surface area contributed by atoms with Crippen LogP contribution in [0.25, 0.3) is 0 Å². The number of nitrogens with zero attached hydrogens (tertiary/aromatic N) is 1. The summed E-state index contributed by atoms with van der Waals surface area (Å²) in [6.07, 6.45) is 0.282. The van der Waals surface area contributed by atoms with Crippen LogP contribution in [0.1, 0.15) is 36.1 Å². The van der Waals surface area contributed by atoms with Crippen LogP contribution in [-0.2, 0) is 22.6 Å². The van der Waals surface area contributed by atoms with Gasteiger partial charge in [-0.05, 0) is 54.7 Å². The minimum Gasteiger partial charge on any atom is -0.484 e. The number of carbonyl (C=O) groups excluding carboxylic acids is 2. The summed E-state index contributed by atoms with van der Waals surface area (Å²) in [5.41, 5.74) is 2.89. The molecule has 196 valence electrons. The Morgan fingerprint density at radius 1 is 1.00 bits per heavy atom. The fourth-order valence-corrected chi connectivity index (χ4v) is 4.11. The van der Waals surface area contributed by atoms with E-state index in [9.17, 15) is 14.0 Å². The van der Waals surface area contributed by atoms with Gasteiger partial charge in [0.15, 0.2) is 6.61 Å². The Hall–Kier alpha value is -3.38. The molecule has 0 heterocycles. The Bertz CT molecular complexity index is 1190. The lowest BCUT2D eigenvalue weighted by Crippen LogP contribution is -2.52. The first kappa shape index (κ1) is 28.2. The first-order valence-corrected chi connectivity index (χ1v) is 12.8. The molecule has 37 heavy (non-hydrogen) atoms. The molecule has 1 atom stereocenters. The summed E-state index contributed by atoms with van der Waals surface area (Å²) < 4.78 is 20.5. The summed E-state index contributed by atoms with van der Waals surface area (Å²) in [6, 6.07) is 18.4. The molecule has 3 aromatic rings. The Morgan fingerprint density at radius 2 is 1.62 bits per heavy atom. The lowest BCUT2D eigenvalue weighted by atomic mass is 10.0. The summed E-state index contributed by atoms with van der Waals surface area (Å²) in [5.74, 6) is -0.417. The molecule has 3 aromatic carbocycles. The fourth-order valence-electron chi connectivity index (χ4n) is 4.00. The number of rotatable bonds is 11. The van der Waals surface area contributed by atoms with Crippen LogP contribution in [0.5, 0.6) is 5.75 Å². The molecule has 0 saturated carbocycles. The van der Waals surface area contributed by atoms with Crippen molar-refractivity contribution in [2.24, 2.45) is 5.92 Å². The maximum Gasteiger partial charge on any atom is 0.261 e. The Kier molecular flexibility index (Phi) is 10.1. The predicted molar refractivity (Wildman–Crippen MR) is 145 cm³/mol. The summed E-state index contributed by atoms with van der Waals surface area (Å²) in [5, 5.41) is 3.59. The smallest absolute Gasteiger partial charge is 0.261 e. The van der Waals surface area contributed by atoms with Gasteiger partial charge in [-0.3, -0.25) is 9.59 Å². The lowest BCUT2D eigenvalue weighted by Gasteiger charge is -2.32. The highest BCUT2D eigenvalue weighted by molar-refractivity contribution is 6.32. The lowest BCUT2D eigenvalue weighted by molar-refractivity contribution is -0.142. The van der Waals surface area contributed by atoms with Crippen LogP contribution >= 0.6 is 11.6 Å². The van der Waals surface area contributed by atoms with Gasteiger partial charge in [-0.2, -0.15) is 0 Å². The van der Waals surface area contributed by atoms with Gasteiger partial charge in [0.1, 0.15) is 17.6 Å². The standard InChI is InChI=1S/C30H34ClFN2O3/c1-20(2)17-33-30(36)27(16-23-10-6-5-7-11-23)34(18-24-12-8-9-13-26(24)32)28(35)19-37-25-14-21(3)29(31)22(4)15-25/h5-15,20,27H,16-19H2,1-4H3,(H,33,36)/t27-/m1/s1. The van der Waals surface area contributed by atoms with Crippen LogP contribution in [0.15, 0.2) is 66.7 Å². The van der Waals surface area contributed by atoms with E-state index < -0.39 is 17.8 Å². The number of ether oxygens (including phenoxy) is 1. The van der Waals surface area contributed by atoms with Crippen molar-refractivity contribution in [2.45, 2.75) is 46.7 Å². The van der Waals surface area contributed by atoms with E-state index in [1.807, 2.05) is 58.0 Å². The minimum atomic E-state index is -0.856. The highest BCUT2D eigenvalue weighted by atomic mass is 35.5. The van der Waals surface area contributed by atoms with E-state index in [1.54, 1.807) is 30.3 Å². The highest BCUT2D eigenvalue weighted by Crippen LogP contribution is 2.26. The van der Waals surface area contributed by atoms with Crippen molar-refractivity contribution >= 4 is 23.4 Å². The van der Waals surface area contributed by atoms with E-state index in [2.05, 4.69) is 5.32 Å². The van der Waals surface area contributed by atoms with Gasteiger partial charge in [0.2, 0.25) is 5.91 Å². The Balaban J connectivity index is 1.92. The van der Waals surface area contributed by atoms with Crippen LogP contribution in [0.2, 0.25) is 5.02 Å². The monoisotopic (exact) mass is 524 g/mol. The maximum atomic E-state index is 14.7. The fraction of sp³-hybridized carbons (Fsp3) is 0.333. The van der Waals surface area contributed by atoms with E-state index in [0.717, 1.165) is 16.7 Å². The predicted octanol–water partition coefficient (Wildman–Crippen LogP) is 5.89. The molecule has 0 aromatic heterocycles. The summed E-state index contributed by atoms with van der Waals surface area (Å²) in [7, 11) is 0. The molecule has 0 aliphatic rings. The van der Waals surface area contributed by atoms with Crippen LogP contribution in [0.4, 0.5) is 4.39 Å². The molecule has 0 aliphatic heterocycles. The first-order chi connectivity index (χ1) is 17.7. The third-order valence-corrected chi connectivity index (χ3v) is 6.62. The molecule has 3 rings (SSSR count). The number of amides is 2. The van der Waals surface area contributed by atoms with Gasteiger partial charge in [0.25, 0.3) is 5.91 Å². The molecule has 0 aliphatic carbocycles. The van der Waals surface area contributed by atoms with Crippen molar-refractivity contribution in [1.29, 1.82) is 0 Å². The normalized spacial score (nSPS) is 11.8. The van der Waals surface area contributed by atoms with Gasteiger partial charge in [0.05, 0.1) is 0 Å². The topological polar surface area (TPSA) is 58.6 Å². The van der Waals surface area contributed by atoms with Gasteiger partial charge in [-0.25, -0.2) is 4.39 Å². The van der Waals surface area contributed by atoms with Crippen molar-refractivity contribution in [3.05, 3.63) is 99.8 Å². The number of hydrogen-bond acceptors (Lipinski definition) is 3. The van der Waals surface area contributed by atoms with Crippen LogP contribution in [-0.4, -0.2) is 35.9 Å². The third kappa shape index (κ3) is 8.05. The Labute approximate surface area is 223 Å². The van der Waals surface area contributed by atoms with Gasteiger partial charge >= 0.3 is 0 Å². The van der Waals surface area contributed by atoms with Gasteiger partial charge < -0.3 is 15.0 Å². The van der Waals surface area contributed by atoms with Crippen LogP contribution in [0.3, 0.4) is 0 Å². The van der Waals surface area contributed by atoms with Gasteiger partial charge in [0, 0.05) is 30.1 Å². The van der Waals surface area contributed by atoms with Crippen molar-refractivity contribution in [3.63, 3.8) is 0 Å². The van der Waals surface area contributed by atoms with Crippen molar-refractivity contribution in [1.82, 2.24) is 10.2 Å². The number of hydrogen-bond donors (Lipinski definition) is 1. The number of benzene rings is 3. The van der Waals surface area contributed by atoms with Crippen molar-refractivity contribution < 1.29 is 18.7 Å². The van der Waals surface area contributed by atoms with Gasteiger partial charge in [-0.15, -0.1) is 0 Å². The number of nitrogens with one attached hydrogen (secondary N) is 1. The molecule has 0 fully saturated rings. The summed E-state index contributed by atoms with van der Waals surface area (Å²) in [6.45, 7) is 7.81. The molecule has 0 unspecified atom stereocenters. The van der Waals surface area contributed by atoms with Crippen molar-refractivity contribution in [3.8, 4) is 5.75 Å². The zero-order valence-corrected chi connectivity index (χ0v) is 22.5. The van der Waals surface area contributed by atoms with E-state index in [4.69, 9.17) is 16.3 Å². The quantitative estimate of drug-likeness (QED) is 0.340. The first-order valence-electron chi connectivity index (χ1n) is 12.4. The largest absolute Gasteiger partial charge is 0.484 e. The SMILES string of the molecule is Cc1cc(OCC(=O)N(Cc2ccccc2F)[C@H](Cc2ccccc2)C(=O)NCC(C)C)cc(C)c1Cl. The summed E-state index contributed by atoms with van der Waals surface area (Å²) >= 11 is 6.26. The number of carbonyl (C=O) groups is 2. The zero-order valence-electron chi connectivity index (χ0n) is 21.8. The molecule has 1 N–H and O–H groups in total. The molecular formula is C30H34ClFN2O3. The number of aryl methyl sites for hydroxylation is 2. The molecule has 7 heteroatoms. The molecule has 2 amide bonds. The molecule has 5 nitrogen and oxygen atoms in total. The third-order valence-electron chi connectivity index (χ3n) is 6.03. The molecule has 0 bridgehead atoms. The average molecular weight is 525 g/mol. The molecule has 0 spiro atoms. The summed E-state index contributed by atoms with van der Waals surface area (Å²) in [4.78, 5) is 28.4. The Morgan fingerprint density at radius 3 is 2.24 bits per heavy atom. The maximum absolute atomic E-state index is 14.7. The van der Waals surface area contributed by atoms with Gasteiger partial charge in [-0.1, -0.05) is 74.0 Å². The average Bonchev–Trinajstić information content (AvgIpc) is 2.88. The van der Waals surface area contributed by atoms with E-state index in [1.165, 1.54) is 11.0 Å². The van der Waals surface area contributed by atoms with Crippen LogP contribution in [0, 0.1) is 25.6 Å². The van der Waals surface area contributed by atoms with Crippen molar-refractivity contribution in [2.75, 3.05) is 13.2 Å². The second kappa shape index (κ2) is 13.2. The van der Waals surface area contributed by atoms with E-state index >= 15 is 0 Å². The number of halogens is 2. The molecule has 0 saturated heterocycles. The zero-order chi connectivity index (χ0) is 26.9.